The largest absolute Gasteiger partial charge is 0.452 e. The van der Waals surface area contributed by atoms with Gasteiger partial charge in [-0.3, -0.25) is 4.79 Å². The molecular formula is C22H20N2O3S. The predicted octanol–water partition coefficient (Wildman–Crippen LogP) is 4.08. The van der Waals surface area contributed by atoms with Crippen molar-refractivity contribution in [3.05, 3.63) is 63.5 Å². The first-order valence-electron chi connectivity index (χ1n) is 9.21. The van der Waals surface area contributed by atoms with Crippen molar-refractivity contribution in [2.45, 2.75) is 19.3 Å². The van der Waals surface area contributed by atoms with Gasteiger partial charge < -0.3 is 10.1 Å². The minimum absolute atomic E-state index is 0.293. The lowest BCUT2D eigenvalue weighted by Crippen LogP contribution is -2.26. The van der Waals surface area contributed by atoms with Gasteiger partial charge in [-0.15, -0.1) is 11.3 Å². The molecule has 0 unspecified atom stereocenters. The number of nitrogens with one attached hydrogen (secondary N) is 1. The number of hydrogen-bond donors (Lipinski definition) is 1. The van der Waals surface area contributed by atoms with E-state index in [0.717, 1.165) is 47.0 Å². The fourth-order valence-corrected chi connectivity index (χ4v) is 4.21. The molecule has 5 nitrogen and oxygen atoms in total. The quantitative estimate of drug-likeness (QED) is 0.680. The Morgan fingerprint density at radius 3 is 2.86 bits per heavy atom. The van der Waals surface area contributed by atoms with E-state index in [1.165, 1.54) is 11.9 Å². The van der Waals surface area contributed by atoms with Crippen LogP contribution in [0.3, 0.4) is 0 Å². The lowest BCUT2D eigenvalue weighted by Gasteiger charge is -2.22. The Bertz CT molecular complexity index is 1070. The molecule has 0 atom stereocenters. The van der Waals surface area contributed by atoms with E-state index in [1.54, 1.807) is 11.3 Å². The highest BCUT2D eigenvalue weighted by atomic mass is 32.1. The molecular weight excluding hydrogens is 372 g/mol. The van der Waals surface area contributed by atoms with Gasteiger partial charge >= 0.3 is 5.97 Å². The molecule has 1 aliphatic rings. The number of amides is 1. The number of aromatic nitrogens is 1. The molecule has 0 bridgehead atoms. The van der Waals surface area contributed by atoms with Gasteiger partial charge in [0.25, 0.3) is 5.91 Å². The van der Waals surface area contributed by atoms with Gasteiger partial charge in [0.1, 0.15) is 0 Å². The zero-order chi connectivity index (χ0) is 19.5. The molecule has 0 aliphatic heterocycles. The van der Waals surface area contributed by atoms with E-state index >= 15 is 0 Å². The highest BCUT2D eigenvalue weighted by Crippen LogP contribution is 2.36. The fraction of sp³-hybridized carbons (Fsp3) is 0.227. The summed E-state index contributed by atoms with van der Waals surface area (Å²) in [6.07, 6.45) is 4.78. The van der Waals surface area contributed by atoms with Gasteiger partial charge in [0.15, 0.2) is 6.61 Å². The summed E-state index contributed by atoms with van der Waals surface area (Å²) in [4.78, 5) is 30.5. The molecule has 0 fully saturated rings. The third-order valence-corrected chi connectivity index (χ3v) is 5.67. The molecule has 28 heavy (non-hydrogen) atoms. The second kappa shape index (κ2) is 7.94. The molecule has 0 saturated carbocycles. The summed E-state index contributed by atoms with van der Waals surface area (Å²) in [6, 6.07) is 11.7. The van der Waals surface area contributed by atoms with Gasteiger partial charge in [0, 0.05) is 17.3 Å². The summed E-state index contributed by atoms with van der Waals surface area (Å²) < 4.78 is 5.30. The van der Waals surface area contributed by atoms with Crippen LogP contribution in [0.2, 0.25) is 0 Å². The van der Waals surface area contributed by atoms with Crippen molar-refractivity contribution in [1.82, 2.24) is 10.3 Å². The van der Waals surface area contributed by atoms with E-state index < -0.39 is 5.97 Å². The number of rotatable bonds is 4. The van der Waals surface area contributed by atoms with Gasteiger partial charge in [-0.2, -0.15) is 0 Å². The maximum Gasteiger partial charge on any atom is 0.339 e. The molecule has 1 amide bonds. The van der Waals surface area contributed by atoms with Crippen LogP contribution in [0.5, 0.6) is 0 Å². The Hall–Kier alpha value is -2.99. The van der Waals surface area contributed by atoms with E-state index in [4.69, 9.17) is 9.72 Å². The summed E-state index contributed by atoms with van der Waals surface area (Å²) in [6.45, 7) is -0.293. The Balaban J connectivity index is 1.84. The number of fused-ring (bicyclic) bond motifs is 2. The number of benzene rings is 1. The topological polar surface area (TPSA) is 68.3 Å². The summed E-state index contributed by atoms with van der Waals surface area (Å²) >= 11 is 1.68. The Morgan fingerprint density at radius 2 is 2.07 bits per heavy atom. The van der Waals surface area contributed by atoms with Gasteiger partial charge in [0.2, 0.25) is 0 Å². The van der Waals surface area contributed by atoms with Crippen LogP contribution in [-0.2, 0) is 16.0 Å². The first-order valence-corrected chi connectivity index (χ1v) is 10.1. The van der Waals surface area contributed by atoms with E-state index in [2.05, 4.69) is 17.5 Å². The minimum atomic E-state index is -0.476. The van der Waals surface area contributed by atoms with E-state index in [-0.39, 0.29) is 12.5 Å². The molecule has 0 spiro atoms. The van der Waals surface area contributed by atoms with Gasteiger partial charge in [-0.25, -0.2) is 9.78 Å². The number of esters is 1. The number of hydrogen-bond acceptors (Lipinski definition) is 5. The van der Waals surface area contributed by atoms with Crippen LogP contribution < -0.4 is 5.32 Å². The highest BCUT2D eigenvalue weighted by Gasteiger charge is 2.26. The fourth-order valence-electron chi connectivity index (χ4n) is 3.53. The van der Waals surface area contributed by atoms with Crippen molar-refractivity contribution in [2.75, 3.05) is 13.7 Å². The molecule has 6 heteroatoms. The number of pyridine rings is 1. The number of nitrogens with zero attached hydrogens (tertiary/aromatic N) is 1. The van der Waals surface area contributed by atoms with Crippen LogP contribution in [0, 0.1) is 0 Å². The molecule has 0 radical (unpaired) electrons. The summed E-state index contributed by atoms with van der Waals surface area (Å²) in [5.74, 6) is -0.810. The lowest BCUT2D eigenvalue weighted by molar-refractivity contribution is -0.123. The van der Waals surface area contributed by atoms with Crippen LogP contribution in [0.25, 0.3) is 22.6 Å². The number of thiophene rings is 1. The summed E-state index contributed by atoms with van der Waals surface area (Å²) in [5.41, 5.74) is 4.20. The van der Waals surface area contributed by atoms with Crippen molar-refractivity contribution in [2.24, 2.45) is 0 Å². The normalized spacial score (nSPS) is 14.7. The second-order valence-corrected chi connectivity index (χ2v) is 7.60. The van der Waals surface area contributed by atoms with Crippen molar-refractivity contribution in [3.63, 3.8) is 0 Å². The van der Waals surface area contributed by atoms with Gasteiger partial charge in [-0.1, -0.05) is 24.3 Å². The van der Waals surface area contributed by atoms with Crippen molar-refractivity contribution in [1.29, 1.82) is 0 Å². The Morgan fingerprint density at radius 1 is 1.21 bits per heavy atom. The average molecular weight is 392 g/mol. The van der Waals surface area contributed by atoms with E-state index in [1.807, 2.05) is 35.7 Å². The van der Waals surface area contributed by atoms with Gasteiger partial charge in [-0.05, 0) is 54.0 Å². The number of ether oxygens (including phenoxy) is 1. The minimum Gasteiger partial charge on any atom is -0.452 e. The standard InChI is InChI=1S/C22H20N2O3S/c1-23-19(25)13-27-22(26)20-16-8-2-3-10-18(16)24-21-14(6-4-9-17(20)21)12-15-7-5-11-28-15/h2-3,5,7-8,10-12H,4,6,9,13H2,1H3,(H,23,25)/b14-12+. The molecule has 0 saturated heterocycles. The van der Waals surface area contributed by atoms with Crippen LogP contribution in [-0.4, -0.2) is 30.5 Å². The first kappa shape index (κ1) is 18.4. The first-order chi connectivity index (χ1) is 13.7. The van der Waals surface area contributed by atoms with Crippen molar-refractivity contribution >= 4 is 45.8 Å². The van der Waals surface area contributed by atoms with E-state index in [0.29, 0.717) is 5.56 Å². The maximum absolute atomic E-state index is 12.9. The zero-order valence-corrected chi connectivity index (χ0v) is 16.3. The Labute approximate surface area is 167 Å². The third kappa shape index (κ3) is 3.55. The number of carbonyl (C=O) groups is 2. The number of likely N-dealkylation sites (N-methyl/N-ethyl adjacent to an activating group) is 1. The molecule has 4 rings (SSSR count). The van der Waals surface area contributed by atoms with Gasteiger partial charge in [0.05, 0.1) is 16.8 Å². The smallest absolute Gasteiger partial charge is 0.339 e. The highest BCUT2D eigenvalue weighted by molar-refractivity contribution is 7.10. The number of allylic oxidation sites excluding steroid dienone is 1. The molecule has 2 aromatic heterocycles. The van der Waals surface area contributed by atoms with Crippen LogP contribution >= 0.6 is 11.3 Å². The van der Waals surface area contributed by atoms with E-state index in [9.17, 15) is 9.59 Å². The molecule has 1 N–H and O–H groups in total. The molecule has 1 aromatic carbocycles. The van der Waals surface area contributed by atoms with Crippen molar-refractivity contribution < 1.29 is 14.3 Å². The zero-order valence-electron chi connectivity index (χ0n) is 15.5. The van der Waals surface area contributed by atoms with Crippen LogP contribution in [0.4, 0.5) is 0 Å². The van der Waals surface area contributed by atoms with Crippen LogP contribution in [0.1, 0.15) is 39.3 Å². The number of para-hydroxylation sites is 1. The molecule has 3 aromatic rings. The number of carbonyl (C=O) groups excluding carboxylic acids is 2. The monoisotopic (exact) mass is 392 g/mol. The third-order valence-electron chi connectivity index (χ3n) is 4.85. The van der Waals surface area contributed by atoms with Crippen molar-refractivity contribution in [3.8, 4) is 0 Å². The molecule has 1 aliphatic carbocycles. The maximum atomic E-state index is 12.9. The summed E-state index contributed by atoms with van der Waals surface area (Å²) in [5, 5.41) is 5.28. The summed E-state index contributed by atoms with van der Waals surface area (Å²) in [7, 11) is 1.52. The second-order valence-electron chi connectivity index (χ2n) is 6.62. The lowest BCUT2D eigenvalue weighted by atomic mass is 9.86. The Kier molecular flexibility index (Phi) is 5.21. The molecule has 2 heterocycles. The van der Waals surface area contributed by atoms with Crippen LogP contribution in [0.15, 0.2) is 41.8 Å². The predicted molar refractivity (Wildman–Crippen MR) is 111 cm³/mol. The SMILES string of the molecule is CNC(=O)COC(=O)c1c2c(nc3ccccc13)/C(=C/c1cccs1)CCC2. The average Bonchev–Trinajstić information content (AvgIpc) is 3.23. The molecule has 142 valence electrons.